The molecule has 3 heterocycles. The number of fused-ring (bicyclic) bond motifs is 3. The molecule has 12 heavy (non-hydrogen) atoms. The van der Waals surface area contributed by atoms with Crippen molar-refractivity contribution in [2.45, 2.75) is 18.9 Å². The molecule has 2 nitrogen and oxygen atoms in total. The second kappa shape index (κ2) is 3.08. The molecule has 0 aliphatic carbocycles. The first-order valence-corrected chi connectivity index (χ1v) is 4.66. The monoisotopic (exact) mass is 165 g/mol. The van der Waals surface area contributed by atoms with Crippen molar-refractivity contribution in [3.63, 3.8) is 0 Å². The van der Waals surface area contributed by atoms with Gasteiger partial charge in [-0.05, 0) is 25.3 Å². The second-order valence-electron chi connectivity index (χ2n) is 3.89. The lowest BCUT2D eigenvalue weighted by molar-refractivity contribution is -0.00366. The molecule has 3 saturated heterocycles. The van der Waals surface area contributed by atoms with Crippen LogP contribution in [0.5, 0.6) is 0 Å². The normalized spacial score (nSPS) is 45.7. The molecule has 3 rings (SSSR count). The highest BCUT2D eigenvalue weighted by Gasteiger charge is 2.38. The van der Waals surface area contributed by atoms with E-state index >= 15 is 0 Å². The van der Waals surface area contributed by atoms with Gasteiger partial charge in [-0.1, -0.05) is 0 Å². The molecular weight excluding hydrogens is 150 g/mol. The predicted molar refractivity (Wildman–Crippen MR) is 47.5 cm³/mol. The molecule has 0 aromatic heterocycles. The Hall–Kier alpha value is -0.520. The van der Waals surface area contributed by atoms with Crippen LogP contribution in [-0.2, 0) is 0 Å². The Bertz CT molecular complexity index is 208. The largest absolute Gasteiger partial charge is 0.395 e. The Morgan fingerprint density at radius 3 is 2.92 bits per heavy atom. The quantitative estimate of drug-likeness (QED) is 0.566. The van der Waals surface area contributed by atoms with Crippen LogP contribution in [0.3, 0.4) is 0 Å². The van der Waals surface area contributed by atoms with Gasteiger partial charge in [0.15, 0.2) is 0 Å². The first kappa shape index (κ1) is 8.10. The van der Waals surface area contributed by atoms with Crippen LogP contribution in [0.2, 0.25) is 0 Å². The van der Waals surface area contributed by atoms with E-state index in [4.69, 9.17) is 11.5 Å². The second-order valence-corrected chi connectivity index (χ2v) is 3.89. The van der Waals surface area contributed by atoms with E-state index in [0.29, 0.717) is 24.5 Å². The topological polar surface area (TPSA) is 23.5 Å². The van der Waals surface area contributed by atoms with E-state index in [-0.39, 0.29) is 0 Å². The molecule has 0 aromatic carbocycles. The fourth-order valence-electron chi connectivity index (χ4n) is 2.52. The number of piperidine rings is 3. The van der Waals surface area contributed by atoms with E-state index in [1.807, 2.05) is 0 Å². The molecule has 0 radical (unpaired) electrons. The molecule has 3 aliphatic heterocycles. The van der Waals surface area contributed by atoms with E-state index < -0.39 is 0 Å². The zero-order valence-electron chi connectivity index (χ0n) is 7.24. The van der Waals surface area contributed by atoms with Gasteiger partial charge < -0.3 is 5.11 Å². The average Bonchev–Trinajstić information content (AvgIpc) is 2.18. The van der Waals surface area contributed by atoms with Crippen molar-refractivity contribution < 1.29 is 5.11 Å². The van der Waals surface area contributed by atoms with Crippen molar-refractivity contribution >= 4 is 0 Å². The standard InChI is InChI=1S/C10H15NO/c1-2-8-6-11-4-3-9(8)5-10(11)7-12/h1,8-10,12H,3-7H2/t8-,9-,10+/m0/s1. The van der Waals surface area contributed by atoms with Crippen molar-refractivity contribution in [3.8, 4) is 12.3 Å². The molecule has 66 valence electrons. The minimum Gasteiger partial charge on any atom is -0.395 e. The number of terminal acetylenes is 1. The van der Waals surface area contributed by atoms with Gasteiger partial charge in [0, 0.05) is 18.5 Å². The molecule has 1 N–H and O–H groups in total. The summed E-state index contributed by atoms with van der Waals surface area (Å²) < 4.78 is 0. The van der Waals surface area contributed by atoms with E-state index in [1.54, 1.807) is 0 Å². The maximum absolute atomic E-state index is 9.08. The maximum Gasteiger partial charge on any atom is 0.0586 e. The molecule has 4 atom stereocenters. The Morgan fingerprint density at radius 1 is 1.58 bits per heavy atom. The third-order valence-corrected chi connectivity index (χ3v) is 3.30. The first-order chi connectivity index (χ1) is 5.85. The molecule has 3 aliphatic rings. The smallest absolute Gasteiger partial charge is 0.0586 e. The Kier molecular flexibility index (Phi) is 2.08. The third kappa shape index (κ3) is 1.14. The Labute approximate surface area is 73.6 Å². The molecule has 0 amide bonds. The lowest BCUT2D eigenvalue weighted by atomic mass is 9.76. The zero-order chi connectivity index (χ0) is 8.55. The highest BCUT2D eigenvalue weighted by molar-refractivity contribution is 5.05. The molecule has 2 heteroatoms. The summed E-state index contributed by atoms with van der Waals surface area (Å²) in [5.41, 5.74) is 0. The summed E-state index contributed by atoms with van der Waals surface area (Å²) in [4.78, 5) is 2.34. The first-order valence-electron chi connectivity index (χ1n) is 4.66. The van der Waals surface area contributed by atoms with Gasteiger partial charge in [0.05, 0.1) is 6.61 Å². The molecule has 2 bridgehead atoms. The third-order valence-electron chi connectivity index (χ3n) is 3.30. The van der Waals surface area contributed by atoms with Crippen LogP contribution in [0.1, 0.15) is 12.8 Å². The lowest BCUT2D eigenvalue weighted by Crippen LogP contribution is -2.54. The summed E-state index contributed by atoms with van der Waals surface area (Å²) in [5, 5.41) is 9.08. The fourth-order valence-corrected chi connectivity index (χ4v) is 2.52. The van der Waals surface area contributed by atoms with Crippen LogP contribution >= 0.6 is 0 Å². The van der Waals surface area contributed by atoms with Crippen molar-refractivity contribution in [3.05, 3.63) is 0 Å². The van der Waals surface area contributed by atoms with E-state index in [2.05, 4.69) is 10.8 Å². The number of hydrogen-bond acceptors (Lipinski definition) is 2. The minimum atomic E-state index is 0.299. The highest BCUT2D eigenvalue weighted by Crippen LogP contribution is 2.35. The number of nitrogens with zero attached hydrogens (tertiary/aromatic N) is 1. The van der Waals surface area contributed by atoms with Crippen molar-refractivity contribution in [2.75, 3.05) is 19.7 Å². The SMILES string of the molecule is C#C[C@H]1CN2CC[C@H]1C[C@@H]2CO. The summed E-state index contributed by atoms with van der Waals surface area (Å²) in [6.45, 7) is 2.44. The van der Waals surface area contributed by atoms with Crippen molar-refractivity contribution in [2.24, 2.45) is 11.8 Å². The molecule has 0 saturated carbocycles. The highest BCUT2D eigenvalue weighted by atomic mass is 16.3. The van der Waals surface area contributed by atoms with Crippen LogP contribution in [0.25, 0.3) is 0 Å². The van der Waals surface area contributed by atoms with E-state index in [9.17, 15) is 0 Å². The van der Waals surface area contributed by atoms with Crippen LogP contribution in [0, 0.1) is 24.2 Å². The summed E-state index contributed by atoms with van der Waals surface area (Å²) in [6, 6.07) is 0.397. The Morgan fingerprint density at radius 2 is 2.42 bits per heavy atom. The van der Waals surface area contributed by atoms with Gasteiger partial charge in [0.2, 0.25) is 0 Å². The molecule has 0 spiro atoms. The molecule has 0 aromatic rings. The number of aliphatic hydroxyl groups is 1. The average molecular weight is 165 g/mol. The van der Waals surface area contributed by atoms with Crippen LogP contribution in [0.15, 0.2) is 0 Å². The fraction of sp³-hybridized carbons (Fsp3) is 0.800. The molecular formula is C10H15NO. The molecule has 1 unspecified atom stereocenters. The zero-order valence-corrected chi connectivity index (χ0v) is 7.24. The Balaban J connectivity index is 2.07. The lowest BCUT2D eigenvalue weighted by Gasteiger charge is -2.47. The molecule has 3 fully saturated rings. The number of hydrogen-bond donors (Lipinski definition) is 1. The van der Waals surface area contributed by atoms with Gasteiger partial charge in [-0.3, -0.25) is 4.90 Å². The maximum atomic E-state index is 9.08. The van der Waals surface area contributed by atoms with Crippen molar-refractivity contribution in [1.29, 1.82) is 0 Å². The minimum absolute atomic E-state index is 0.299. The van der Waals surface area contributed by atoms with E-state index in [0.717, 1.165) is 19.5 Å². The van der Waals surface area contributed by atoms with Crippen LogP contribution in [-0.4, -0.2) is 35.7 Å². The van der Waals surface area contributed by atoms with Crippen LogP contribution < -0.4 is 0 Å². The van der Waals surface area contributed by atoms with Crippen LogP contribution in [0.4, 0.5) is 0 Å². The van der Waals surface area contributed by atoms with Gasteiger partial charge in [0.25, 0.3) is 0 Å². The summed E-state index contributed by atoms with van der Waals surface area (Å²) in [7, 11) is 0. The van der Waals surface area contributed by atoms with Gasteiger partial charge in [-0.25, -0.2) is 0 Å². The number of aliphatic hydroxyl groups excluding tert-OH is 1. The van der Waals surface area contributed by atoms with Gasteiger partial charge >= 0.3 is 0 Å². The summed E-state index contributed by atoms with van der Waals surface area (Å²) in [6.07, 6.45) is 7.77. The summed E-state index contributed by atoms with van der Waals surface area (Å²) >= 11 is 0. The summed E-state index contributed by atoms with van der Waals surface area (Å²) in [5.74, 6) is 3.98. The van der Waals surface area contributed by atoms with Crippen molar-refractivity contribution in [1.82, 2.24) is 4.90 Å². The van der Waals surface area contributed by atoms with Gasteiger partial charge in [-0.2, -0.15) is 0 Å². The van der Waals surface area contributed by atoms with Gasteiger partial charge in [0.1, 0.15) is 0 Å². The number of rotatable bonds is 1. The van der Waals surface area contributed by atoms with E-state index in [1.165, 1.54) is 6.42 Å². The predicted octanol–water partition coefficient (Wildman–Crippen LogP) is 0.322. The van der Waals surface area contributed by atoms with Gasteiger partial charge in [-0.15, -0.1) is 12.3 Å².